The zero-order valence-electron chi connectivity index (χ0n) is 92.7. The van der Waals surface area contributed by atoms with Crippen molar-refractivity contribution in [3.05, 3.63) is 6.92 Å². The van der Waals surface area contributed by atoms with Crippen LogP contribution in [0.5, 0.6) is 0 Å². The smallest absolute Gasteiger partial charge is 0.748 e. The second-order valence-corrected chi connectivity index (χ2v) is 37.6. The third-order valence-corrected chi connectivity index (χ3v) is 13.3. The summed E-state index contributed by atoms with van der Waals surface area (Å²) in [5, 5.41) is 192. The van der Waals surface area contributed by atoms with E-state index >= 15 is 0 Å². The van der Waals surface area contributed by atoms with E-state index in [-0.39, 0.29) is 380 Å². The molecule has 842 valence electrons. The predicted octanol–water partition coefficient (Wildman–Crippen LogP) is -43.8. The number of carboxylic acid groups (broad SMARTS) is 20. The molecule has 62 nitrogen and oxygen atoms in total. The zero-order chi connectivity index (χ0) is 116. The van der Waals surface area contributed by atoms with Gasteiger partial charge in [0.15, 0.2) is 0 Å². The quantitative estimate of drug-likeness (QED) is 0.0117. The molecule has 1 atom stereocenters. The molecule has 0 aliphatic rings. The van der Waals surface area contributed by atoms with Crippen LogP contribution in [0.25, 0.3) is 0 Å². The molecule has 0 aliphatic heterocycles. The molecule has 0 radical (unpaired) electrons. The van der Waals surface area contributed by atoms with Gasteiger partial charge in [0.1, 0.15) is 38.8 Å². The van der Waals surface area contributed by atoms with Crippen LogP contribution in [-0.2, 0) is 117 Å². The van der Waals surface area contributed by atoms with E-state index in [1.165, 1.54) is 58.6 Å². The number of likely N-dealkylation sites (N-methyl/N-ethyl adjacent to an activating group) is 11. The maximum absolute atomic E-state index is 10.2. The molecule has 12 N–H and O–H groups in total. The molecule has 0 aromatic heterocycles. The van der Waals surface area contributed by atoms with E-state index in [0.717, 1.165) is 30.5 Å². The number of quaternary nitrogens is 6. The van der Waals surface area contributed by atoms with Gasteiger partial charge in [-0.05, 0) is 95.2 Å². The van der Waals surface area contributed by atoms with Crippen LogP contribution in [0.15, 0.2) is 0 Å². The van der Waals surface area contributed by atoms with Crippen LogP contribution in [0.1, 0.15) is 44.9 Å². The first-order valence-corrected chi connectivity index (χ1v) is 42.9. The summed E-state index contributed by atoms with van der Waals surface area (Å²) in [6.07, 6.45) is 1.29. The number of carboxylic acids is 20. The zero-order valence-corrected chi connectivity index (χ0v) is 111. The van der Waals surface area contributed by atoms with Crippen molar-refractivity contribution in [1.29, 1.82) is 0 Å². The van der Waals surface area contributed by atoms with Gasteiger partial charge < -0.3 is 214 Å². The number of carbonyl (C=O) groups excluding carboxylic acids is 11. The number of aliphatic hydroxyl groups is 1. The average Bonchev–Trinajstić information content (AvgIpc) is 0.908. The van der Waals surface area contributed by atoms with Crippen LogP contribution < -0.4 is 307 Å². The molecule has 0 rings (SSSR count). The molecule has 0 bridgehead atoms. The number of hydrogen-bond acceptors (Lipinski definition) is 46. The topological polar surface area (TPSA) is 963 Å². The number of aliphatic hydroxyl groups excluding tert-OH is 1. The molecular formula is C78H153K2N14Na5O48S2. The van der Waals surface area contributed by atoms with Crippen LogP contribution in [0.3, 0.4) is 0 Å². The first-order valence-electron chi connectivity index (χ1n) is 40.4. The second kappa shape index (κ2) is 119. The van der Waals surface area contributed by atoms with Gasteiger partial charge in [0, 0.05) is 64.2 Å². The van der Waals surface area contributed by atoms with E-state index in [4.69, 9.17) is 63.7 Å². The van der Waals surface area contributed by atoms with Crippen molar-refractivity contribution in [1.82, 2.24) is 39.2 Å². The molecule has 1 unspecified atom stereocenters. The summed E-state index contributed by atoms with van der Waals surface area (Å²) in [4.78, 5) is 209. The Bertz CT molecular complexity index is 3390. The van der Waals surface area contributed by atoms with Crippen molar-refractivity contribution in [2.45, 2.75) is 51.0 Å². The summed E-state index contributed by atoms with van der Waals surface area (Å²) >= 11 is 0. The number of hydrogen-bond donors (Lipinski definition) is 10. The first-order chi connectivity index (χ1) is 62.7. The van der Waals surface area contributed by atoms with Crippen LogP contribution in [-0.4, -0.2) is 607 Å². The first kappa shape index (κ1) is 203. The third-order valence-electron chi connectivity index (χ3n) is 12.5. The van der Waals surface area contributed by atoms with Gasteiger partial charge in [0.2, 0.25) is 0 Å². The molecule has 0 amide bonds. The van der Waals surface area contributed by atoms with Gasteiger partial charge in [-0.1, -0.05) is 0 Å². The molecular weight excluding hydrogens is 2160 g/mol. The molecule has 0 heterocycles. The molecule has 0 aromatic rings. The van der Waals surface area contributed by atoms with Crippen molar-refractivity contribution in [3.63, 3.8) is 0 Å². The molecule has 0 fully saturated rings. The largest absolute Gasteiger partial charge is 1.00 e. The van der Waals surface area contributed by atoms with E-state index in [9.17, 15) is 165 Å². The van der Waals surface area contributed by atoms with E-state index in [2.05, 4.69) is 28.1 Å². The monoisotopic (exact) mass is 2310 g/mol. The van der Waals surface area contributed by atoms with Gasteiger partial charge in [-0.25, -0.2) is 8.42 Å². The van der Waals surface area contributed by atoms with Crippen LogP contribution >= 0.6 is 0 Å². The number of aliphatic carboxylic acids is 20. The summed E-state index contributed by atoms with van der Waals surface area (Å²) in [6, 6.07) is 0. The Morgan fingerprint density at radius 3 is 0.577 bits per heavy atom. The Balaban J connectivity index is -0.0000000544. The van der Waals surface area contributed by atoms with Gasteiger partial charge in [-0.3, -0.25) is 72.6 Å². The summed E-state index contributed by atoms with van der Waals surface area (Å²) in [5.74, 6) is -22.2. The van der Waals surface area contributed by atoms with E-state index < -0.39 is 165 Å². The van der Waals surface area contributed by atoms with E-state index in [1.807, 2.05) is 11.9 Å². The predicted molar refractivity (Wildman–Crippen MR) is 473 cm³/mol. The Kier molecular flexibility index (Phi) is 161. The van der Waals surface area contributed by atoms with Crippen molar-refractivity contribution in [2.24, 2.45) is 0 Å². The average molecular weight is 2310 g/mol. The van der Waals surface area contributed by atoms with Gasteiger partial charge in [-0.2, -0.15) is 0 Å². The van der Waals surface area contributed by atoms with Crippen LogP contribution in [0.2, 0.25) is 0 Å². The minimum absolute atomic E-state index is 0. The minimum Gasteiger partial charge on any atom is -0.748 e. The van der Waals surface area contributed by atoms with Crippen molar-refractivity contribution < 1.29 is 512 Å². The van der Waals surface area contributed by atoms with Crippen LogP contribution in [0, 0.1) is 6.92 Å². The number of carbonyl (C=O) groups is 20. The standard InChI is InChI=1S/C9H17NO4.C7H13NO4.C6H15NO4S.C6H15N.6C5H9NO4.4C5H11NO2.2K.5Na.O3S.H2O/c1-10(6-2-4-8(11)12)7-3-5-9(13)14;1-8(4-2-6(9)10)5-3-7(11)12;1-7(2,3)4-6(8)5-12(9,10)11;1-5-6-7(2,3)4;6*1-6(2-4(7)8)3-5(9)10;4*1-6(2,3)4-5(7)8;;;;;;;;1-4(2)3;/h2-7H2,1H3,(H,11,12)(H,13,14);2-5H2,1H3,(H,9,10)(H,11,12);6,8H,4-5H2,1-3H3;1,5-6H2,2-4H3;6*2-3H2,1H3,(H,7,8)(H,9,10);4*4H2,1-3H3;;;;;;;;;1H2/q;;;;;;;;;;;;;;7*+1;;/p-7. The SMILES string of the molecule is CN(CC(=O)O)CC(=O)O.CN(CC(=O)O)CC(=O)O.CN(CC(=O)[O-])CC(=O)O.CN(CC(=O)[O-])CC(=O)O.CN(CC(=O)[O-])CC(=O)O.CN(CC(=O)[O-])CC(=O)[O-].CN(CCC(=O)[O-])CCC(=O)O.CN(CCCC(=O)[O-])CCCC(=O)O.C[N+](C)(C)CC(=O)[O-].C[N+](C)(C)CC(=O)[O-].C[N+](C)(C)CC(=O)[O-].C[N+](C)(C)CC(=O)[O-].C[N+](C)(C)CC(O)CS(=O)(=O)[O-].O.O=S(=O)=O.[CH2-]CC[N+](C)(C)C.[K+].[K+].[Na+].[Na+].[Na+].[Na+].[Na+]. The number of rotatable bonds is 52. The summed E-state index contributed by atoms with van der Waals surface area (Å²) in [5.41, 5.74) is 0. The summed E-state index contributed by atoms with van der Waals surface area (Å²) < 4.78 is 59.1. The minimum atomic E-state index is -4.31. The summed E-state index contributed by atoms with van der Waals surface area (Å²) in [7, 11) is 38.0. The normalized spacial score (nSPS) is 10.2. The van der Waals surface area contributed by atoms with Crippen LogP contribution in [0.4, 0.5) is 0 Å². The molecule has 0 spiro atoms. The maximum atomic E-state index is 10.2. The van der Waals surface area contributed by atoms with Gasteiger partial charge in [-0.15, -0.1) is 19.0 Å². The molecule has 71 heteroatoms. The Morgan fingerprint density at radius 2 is 0.450 bits per heavy atom. The Morgan fingerprint density at radius 1 is 0.275 bits per heavy atom. The molecule has 149 heavy (non-hydrogen) atoms. The molecule has 0 saturated heterocycles. The molecule has 0 aromatic carbocycles. The molecule has 0 aliphatic carbocycles. The fourth-order valence-electron chi connectivity index (χ4n) is 7.78. The van der Waals surface area contributed by atoms with Crippen molar-refractivity contribution >= 4 is 140 Å². The van der Waals surface area contributed by atoms with Gasteiger partial charge in [0.25, 0.3) is 0 Å². The van der Waals surface area contributed by atoms with Crippen molar-refractivity contribution in [3.8, 4) is 0 Å². The van der Waals surface area contributed by atoms with Gasteiger partial charge >= 0.3 is 315 Å². The number of nitrogens with zero attached hydrogens (tertiary/aromatic N) is 14. The second-order valence-electron chi connectivity index (χ2n) is 35.7. The van der Waals surface area contributed by atoms with Gasteiger partial charge in [0.05, 0.1) is 255 Å². The Labute approximate surface area is 1070 Å². The fourth-order valence-corrected chi connectivity index (χ4v) is 8.36. The molecule has 0 saturated carbocycles. The van der Waals surface area contributed by atoms with E-state index in [1.54, 1.807) is 118 Å². The fraction of sp³-hybridized carbons (Fsp3) is 0.731. The third kappa shape index (κ3) is 291. The van der Waals surface area contributed by atoms with Crippen molar-refractivity contribution in [2.75, 3.05) is 333 Å². The van der Waals surface area contributed by atoms with E-state index in [0.29, 0.717) is 61.4 Å². The summed E-state index contributed by atoms with van der Waals surface area (Å²) in [6.45, 7) is 3.80. The Hall–Kier alpha value is -3.44. The maximum Gasteiger partial charge on any atom is 1.00 e.